The predicted octanol–water partition coefficient (Wildman–Crippen LogP) is 4.00. The van der Waals surface area contributed by atoms with E-state index in [-0.39, 0.29) is 0 Å². The lowest BCUT2D eigenvalue weighted by molar-refractivity contribution is -0.148. The van der Waals surface area contributed by atoms with Gasteiger partial charge in [0.15, 0.2) is 17.6 Å². The van der Waals surface area contributed by atoms with Crippen LogP contribution in [0, 0.1) is 6.92 Å². The van der Waals surface area contributed by atoms with E-state index in [1.165, 1.54) is 13.0 Å². The highest BCUT2D eigenvalue weighted by molar-refractivity contribution is 6.31. The van der Waals surface area contributed by atoms with Crippen LogP contribution in [0.4, 0.5) is 5.69 Å². The summed E-state index contributed by atoms with van der Waals surface area (Å²) in [5.41, 5.74) is 2.08. The first kappa shape index (κ1) is 19.8. The number of halogens is 1. The van der Waals surface area contributed by atoms with Gasteiger partial charge in [0.25, 0.3) is 5.91 Å². The van der Waals surface area contributed by atoms with Gasteiger partial charge in [-0.15, -0.1) is 0 Å². The van der Waals surface area contributed by atoms with Crippen molar-refractivity contribution in [2.45, 2.75) is 20.0 Å². The van der Waals surface area contributed by atoms with E-state index in [1.807, 2.05) is 0 Å². The van der Waals surface area contributed by atoms with Crippen LogP contribution in [-0.2, 0) is 14.3 Å². The topological polar surface area (TPSA) is 73.9 Å². The lowest BCUT2D eigenvalue weighted by Gasteiger charge is -2.18. The fourth-order valence-electron chi connectivity index (χ4n) is 2.57. The van der Waals surface area contributed by atoms with Gasteiger partial charge in [-0.25, -0.2) is 4.79 Å². The molecule has 7 heteroatoms. The van der Waals surface area contributed by atoms with Gasteiger partial charge < -0.3 is 19.5 Å². The van der Waals surface area contributed by atoms with Crippen molar-refractivity contribution >= 4 is 35.2 Å². The van der Waals surface area contributed by atoms with Gasteiger partial charge in [0, 0.05) is 16.8 Å². The maximum Gasteiger partial charge on any atom is 0.331 e. The Morgan fingerprint density at radius 3 is 2.71 bits per heavy atom. The van der Waals surface area contributed by atoms with E-state index in [0.717, 1.165) is 11.1 Å². The van der Waals surface area contributed by atoms with E-state index in [4.69, 9.17) is 25.8 Å². The first-order valence-electron chi connectivity index (χ1n) is 8.78. The highest BCUT2D eigenvalue weighted by Gasteiger charge is 2.18. The van der Waals surface area contributed by atoms with Crippen LogP contribution >= 0.6 is 11.6 Å². The summed E-state index contributed by atoms with van der Waals surface area (Å²) in [6.07, 6.45) is 1.89. The monoisotopic (exact) mass is 401 g/mol. The van der Waals surface area contributed by atoms with E-state index in [0.29, 0.717) is 35.4 Å². The second-order valence-electron chi connectivity index (χ2n) is 6.22. The molecule has 0 unspecified atom stereocenters. The Labute approximate surface area is 168 Å². The van der Waals surface area contributed by atoms with Crippen molar-refractivity contribution in [3.63, 3.8) is 0 Å². The molecule has 6 nitrogen and oxygen atoms in total. The number of carbonyl (C=O) groups excluding carboxylic acids is 2. The number of nitrogens with one attached hydrogen (secondary N) is 1. The van der Waals surface area contributed by atoms with Gasteiger partial charge in [-0.3, -0.25) is 4.79 Å². The highest BCUT2D eigenvalue weighted by atomic mass is 35.5. The quantitative estimate of drug-likeness (QED) is 0.605. The number of fused-ring (bicyclic) bond motifs is 1. The first-order chi connectivity index (χ1) is 13.4. The van der Waals surface area contributed by atoms with Crippen LogP contribution in [0.1, 0.15) is 18.1 Å². The standard InChI is InChI=1S/C21H20ClNO5/c1-13-16(22)4-3-5-17(13)23-21(25)14(2)28-20(24)9-7-15-6-8-18-19(12-15)27-11-10-26-18/h3-9,12,14H,10-11H2,1-2H3,(H,23,25)/b9-7+/t14-/m0/s1. The normalized spacial score (nSPS) is 13.8. The lowest BCUT2D eigenvalue weighted by atomic mass is 10.2. The summed E-state index contributed by atoms with van der Waals surface area (Å²) in [5.74, 6) is 0.241. The van der Waals surface area contributed by atoms with Gasteiger partial charge in [0.05, 0.1) is 0 Å². The van der Waals surface area contributed by atoms with Gasteiger partial charge in [-0.05, 0) is 55.3 Å². The molecule has 0 radical (unpaired) electrons. The number of anilines is 1. The maximum absolute atomic E-state index is 12.3. The molecule has 1 aliphatic heterocycles. The molecular formula is C21H20ClNO5. The predicted molar refractivity (Wildman–Crippen MR) is 107 cm³/mol. The molecular weight excluding hydrogens is 382 g/mol. The van der Waals surface area contributed by atoms with Crippen molar-refractivity contribution in [1.82, 2.24) is 0 Å². The summed E-state index contributed by atoms with van der Waals surface area (Å²) in [7, 11) is 0. The molecule has 1 amide bonds. The molecule has 0 bridgehead atoms. The number of benzene rings is 2. The summed E-state index contributed by atoms with van der Waals surface area (Å²) in [5, 5.41) is 3.26. The number of hydrogen-bond donors (Lipinski definition) is 1. The Hall–Kier alpha value is -2.99. The van der Waals surface area contributed by atoms with Crippen molar-refractivity contribution < 1.29 is 23.8 Å². The molecule has 28 heavy (non-hydrogen) atoms. The van der Waals surface area contributed by atoms with Crippen LogP contribution in [-0.4, -0.2) is 31.2 Å². The Balaban J connectivity index is 1.57. The Bertz CT molecular complexity index is 925. The Kier molecular flexibility index (Phi) is 6.21. The van der Waals surface area contributed by atoms with Gasteiger partial charge in [-0.1, -0.05) is 23.7 Å². The average molecular weight is 402 g/mol. The highest BCUT2D eigenvalue weighted by Crippen LogP contribution is 2.31. The van der Waals surface area contributed by atoms with E-state index in [9.17, 15) is 9.59 Å². The maximum atomic E-state index is 12.3. The van der Waals surface area contributed by atoms with Crippen LogP contribution in [0.15, 0.2) is 42.5 Å². The molecule has 0 aliphatic carbocycles. The summed E-state index contributed by atoms with van der Waals surface area (Å²) in [4.78, 5) is 24.3. The molecule has 2 aromatic rings. The second-order valence-corrected chi connectivity index (χ2v) is 6.62. The molecule has 3 rings (SSSR count). The zero-order valence-corrected chi connectivity index (χ0v) is 16.3. The summed E-state index contributed by atoms with van der Waals surface area (Å²) in [6, 6.07) is 10.6. The van der Waals surface area contributed by atoms with Crippen molar-refractivity contribution in [2.24, 2.45) is 0 Å². The lowest BCUT2D eigenvalue weighted by Crippen LogP contribution is -2.29. The molecule has 0 saturated carbocycles. The molecule has 0 spiro atoms. The molecule has 0 saturated heterocycles. The smallest absolute Gasteiger partial charge is 0.331 e. The molecule has 146 valence electrons. The van der Waals surface area contributed by atoms with Crippen LogP contribution in [0.25, 0.3) is 6.08 Å². The van der Waals surface area contributed by atoms with E-state index < -0.39 is 18.0 Å². The molecule has 1 aliphatic rings. The molecule has 1 N–H and O–H groups in total. The van der Waals surface area contributed by atoms with E-state index >= 15 is 0 Å². The van der Waals surface area contributed by atoms with Crippen molar-refractivity contribution in [3.05, 3.63) is 58.6 Å². The average Bonchev–Trinajstić information content (AvgIpc) is 2.69. The molecule has 0 fully saturated rings. The fourth-order valence-corrected chi connectivity index (χ4v) is 2.75. The number of rotatable bonds is 5. The van der Waals surface area contributed by atoms with E-state index in [1.54, 1.807) is 49.4 Å². The van der Waals surface area contributed by atoms with Gasteiger partial charge >= 0.3 is 5.97 Å². The van der Waals surface area contributed by atoms with Gasteiger partial charge in [-0.2, -0.15) is 0 Å². The fraction of sp³-hybridized carbons (Fsp3) is 0.238. The van der Waals surface area contributed by atoms with Crippen LogP contribution in [0.3, 0.4) is 0 Å². The number of hydrogen-bond acceptors (Lipinski definition) is 5. The van der Waals surface area contributed by atoms with Gasteiger partial charge in [0.1, 0.15) is 13.2 Å². The minimum absolute atomic E-state index is 0.438. The molecule has 1 heterocycles. The molecule has 1 atom stereocenters. The first-order valence-corrected chi connectivity index (χ1v) is 9.16. The third kappa shape index (κ3) is 4.84. The number of carbonyl (C=O) groups is 2. The Morgan fingerprint density at radius 1 is 1.18 bits per heavy atom. The van der Waals surface area contributed by atoms with E-state index in [2.05, 4.69) is 5.32 Å². The second kappa shape index (κ2) is 8.80. The Morgan fingerprint density at radius 2 is 1.93 bits per heavy atom. The summed E-state index contributed by atoms with van der Waals surface area (Å²) >= 11 is 6.04. The summed E-state index contributed by atoms with van der Waals surface area (Å²) < 4.78 is 16.1. The van der Waals surface area contributed by atoms with Crippen LogP contribution < -0.4 is 14.8 Å². The van der Waals surface area contributed by atoms with Crippen molar-refractivity contribution in [3.8, 4) is 11.5 Å². The number of amides is 1. The third-order valence-corrected chi connectivity index (χ3v) is 4.58. The zero-order valence-electron chi connectivity index (χ0n) is 15.5. The third-order valence-electron chi connectivity index (χ3n) is 4.17. The van der Waals surface area contributed by atoms with Crippen molar-refractivity contribution in [1.29, 1.82) is 0 Å². The number of esters is 1. The zero-order chi connectivity index (χ0) is 20.1. The van der Waals surface area contributed by atoms with Crippen molar-refractivity contribution in [2.75, 3.05) is 18.5 Å². The van der Waals surface area contributed by atoms with Crippen LogP contribution in [0.5, 0.6) is 11.5 Å². The largest absolute Gasteiger partial charge is 0.486 e. The molecule has 2 aromatic carbocycles. The van der Waals surface area contributed by atoms with Crippen LogP contribution in [0.2, 0.25) is 5.02 Å². The number of ether oxygens (including phenoxy) is 3. The molecule has 0 aromatic heterocycles. The minimum atomic E-state index is -0.962. The SMILES string of the molecule is Cc1c(Cl)cccc1NC(=O)[C@H](C)OC(=O)/C=C/c1ccc2c(c1)OCCO2. The van der Waals surface area contributed by atoms with Gasteiger partial charge in [0.2, 0.25) is 0 Å². The minimum Gasteiger partial charge on any atom is -0.486 e. The summed E-state index contributed by atoms with van der Waals surface area (Å²) in [6.45, 7) is 4.31.